The molecule has 0 bridgehead atoms. The topological polar surface area (TPSA) is 59.5 Å². The first kappa shape index (κ1) is 21.3. The van der Waals surface area contributed by atoms with Gasteiger partial charge in [0.25, 0.3) is 0 Å². The number of thiophene rings is 1. The lowest BCUT2D eigenvalue weighted by molar-refractivity contribution is 0.0545. The summed E-state index contributed by atoms with van der Waals surface area (Å²) in [4.78, 5) is 2.72. The third-order valence-electron chi connectivity index (χ3n) is 7.77. The predicted molar refractivity (Wildman–Crippen MR) is 133 cm³/mol. The van der Waals surface area contributed by atoms with Crippen molar-refractivity contribution in [1.29, 1.82) is 0 Å². The number of benzene rings is 1. The Hall–Kier alpha value is -2.22. The molecule has 0 amide bonds. The zero-order valence-electron chi connectivity index (χ0n) is 19.2. The number of hydrogen-bond acceptors (Lipinski definition) is 7. The van der Waals surface area contributed by atoms with E-state index in [1.807, 2.05) is 18.2 Å². The fourth-order valence-corrected chi connectivity index (χ4v) is 7.05. The van der Waals surface area contributed by atoms with Crippen molar-refractivity contribution in [3.8, 4) is 17.0 Å². The average molecular weight is 465 g/mol. The van der Waals surface area contributed by atoms with Crippen LogP contribution in [0, 0.1) is 17.8 Å². The summed E-state index contributed by atoms with van der Waals surface area (Å²) in [6.45, 7) is 5.68. The van der Waals surface area contributed by atoms with Crippen LogP contribution in [0.3, 0.4) is 0 Å². The maximum absolute atomic E-state index is 5.57. The third kappa shape index (κ3) is 4.22. The van der Waals surface area contributed by atoms with Crippen LogP contribution < -0.4 is 10.1 Å². The van der Waals surface area contributed by atoms with Gasteiger partial charge in [-0.3, -0.25) is 0 Å². The lowest BCUT2D eigenvalue weighted by Gasteiger charge is -2.27. The minimum absolute atomic E-state index is 0.486. The fraction of sp³-hybridized carbons (Fsp3) is 0.538. The zero-order chi connectivity index (χ0) is 22.2. The van der Waals surface area contributed by atoms with Crippen LogP contribution in [0.1, 0.15) is 25.7 Å². The number of para-hydroxylation sites is 1. The molecule has 1 N–H and O–H groups in total. The molecule has 0 spiro atoms. The summed E-state index contributed by atoms with van der Waals surface area (Å²) < 4.78 is 12.3. The van der Waals surface area contributed by atoms with Crippen molar-refractivity contribution in [3.05, 3.63) is 35.7 Å². The van der Waals surface area contributed by atoms with Gasteiger partial charge in [0.2, 0.25) is 0 Å². The first-order valence-corrected chi connectivity index (χ1v) is 13.1. The summed E-state index contributed by atoms with van der Waals surface area (Å²) in [6, 6.07) is 10.7. The summed E-state index contributed by atoms with van der Waals surface area (Å²) in [7, 11) is 1.70. The molecule has 3 atom stereocenters. The zero-order valence-corrected chi connectivity index (χ0v) is 20.0. The number of ether oxygens (including phenoxy) is 2. The van der Waals surface area contributed by atoms with Gasteiger partial charge in [-0.2, -0.15) is 0 Å². The summed E-state index contributed by atoms with van der Waals surface area (Å²) in [6.07, 6.45) is 4.93. The van der Waals surface area contributed by atoms with E-state index >= 15 is 0 Å². The Labute approximate surface area is 199 Å². The molecule has 3 aliphatic rings. The van der Waals surface area contributed by atoms with Crippen LogP contribution in [-0.4, -0.2) is 61.1 Å². The minimum Gasteiger partial charge on any atom is -0.496 e. The van der Waals surface area contributed by atoms with Crippen molar-refractivity contribution >= 4 is 27.2 Å². The second-order valence-electron chi connectivity index (χ2n) is 9.87. The molecule has 2 aromatic heterocycles. The Balaban J connectivity index is 1.14. The number of anilines is 1. The van der Waals surface area contributed by atoms with E-state index in [9.17, 15) is 0 Å². The van der Waals surface area contributed by atoms with Gasteiger partial charge in [-0.05, 0) is 67.0 Å². The van der Waals surface area contributed by atoms with Gasteiger partial charge < -0.3 is 19.7 Å². The Kier molecular flexibility index (Phi) is 5.94. The van der Waals surface area contributed by atoms with Crippen molar-refractivity contribution in [3.63, 3.8) is 0 Å². The van der Waals surface area contributed by atoms with Gasteiger partial charge in [0.05, 0.1) is 11.8 Å². The summed E-state index contributed by atoms with van der Waals surface area (Å²) in [5, 5.41) is 16.4. The molecule has 4 heterocycles. The molecule has 2 saturated heterocycles. The molecule has 6 rings (SSSR count). The summed E-state index contributed by atoms with van der Waals surface area (Å²) in [5.41, 5.74) is 1.89. The number of nitrogens with zero attached hydrogens (tertiary/aromatic N) is 3. The molecule has 3 fully saturated rings. The highest BCUT2D eigenvalue weighted by Gasteiger charge is 2.41. The van der Waals surface area contributed by atoms with Gasteiger partial charge in [0.15, 0.2) is 5.82 Å². The standard InChI is InChI=1S/C26H32N4O2S/c1-31-23-5-3-2-4-21(23)24-25-22(8-11-33-25)26(29-28-24)27-20-12-18-15-30(16-19(18)13-20)14-17-6-9-32-10-7-17/h2-5,8,11,17-20H,6-7,9-10,12-16H2,1H3,(H,27,29)/t18-,19?,20?/m1/s1. The first-order valence-electron chi connectivity index (χ1n) is 12.2. The monoisotopic (exact) mass is 464 g/mol. The van der Waals surface area contributed by atoms with Gasteiger partial charge in [0.1, 0.15) is 11.4 Å². The number of likely N-dealkylation sites (tertiary alicyclic amines) is 1. The molecule has 2 unspecified atom stereocenters. The second kappa shape index (κ2) is 9.20. The van der Waals surface area contributed by atoms with Crippen molar-refractivity contribution in [2.75, 3.05) is 45.3 Å². The van der Waals surface area contributed by atoms with E-state index in [1.165, 1.54) is 45.3 Å². The number of rotatable bonds is 6. The van der Waals surface area contributed by atoms with Crippen molar-refractivity contribution in [2.24, 2.45) is 17.8 Å². The highest BCUT2D eigenvalue weighted by atomic mass is 32.1. The van der Waals surface area contributed by atoms with E-state index in [1.54, 1.807) is 18.4 Å². The highest BCUT2D eigenvalue weighted by Crippen LogP contribution is 2.42. The van der Waals surface area contributed by atoms with Crippen LogP contribution in [-0.2, 0) is 4.74 Å². The largest absolute Gasteiger partial charge is 0.496 e. The molecule has 0 radical (unpaired) electrons. The van der Waals surface area contributed by atoms with Crippen LogP contribution in [0.5, 0.6) is 5.75 Å². The minimum atomic E-state index is 0.486. The predicted octanol–water partition coefficient (Wildman–Crippen LogP) is 4.92. The number of methoxy groups -OCH3 is 1. The van der Waals surface area contributed by atoms with E-state index in [0.717, 1.165) is 63.9 Å². The third-order valence-corrected chi connectivity index (χ3v) is 8.69. The number of nitrogens with one attached hydrogen (secondary N) is 1. The van der Waals surface area contributed by atoms with E-state index in [2.05, 4.69) is 37.9 Å². The van der Waals surface area contributed by atoms with Crippen LogP contribution in [0.15, 0.2) is 35.7 Å². The highest BCUT2D eigenvalue weighted by molar-refractivity contribution is 7.17. The van der Waals surface area contributed by atoms with Gasteiger partial charge >= 0.3 is 0 Å². The van der Waals surface area contributed by atoms with E-state index < -0.39 is 0 Å². The van der Waals surface area contributed by atoms with Gasteiger partial charge in [-0.1, -0.05) is 12.1 Å². The lowest BCUT2D eigenvalue weighted by Crippen LogP contribution is -2.32. The second-order valence-corrected chi connectivity index (χ2v) is 10.8. The fourth-order valence-electron chi connectivity index (χ4n) is 6.15. The molecule has 2 aliphatic heterocycles. The molecule has 3 aromatic rings. The maximum atomic E-state index is 5.57. The molecular weight excluding hydrogens is 432 g/mol. The SMILES string of the molecule is COc1ccccc1-c1nnc(NC2CC3CN(CC4CCOCC4)C[C@H]3C2)c2ccsc12. The summed E-state index contributed by atoms with van der Waals surface area (Å²) >= 11 is 1.72. The van der Waals surface area contributed by atoms with E-state index in [-0.39, 0.29) is 0 Å². The Morgan fingerprint density at radius 2 is 1.88 bits per heavy atom. The Bertz CT molecular complexity index is 1100. The smallest absolute Gasteiger partial charge is 0.157 e. The molecule has 1 aliphatic carbocycles. The molecule has 7 heteroatoms. The molecule has 6 nitrogen and oxygen atoms in total. The Morgan fingerprint density at radius 1 is 1.09 bits per heavy atom. The van der Waals surface area contributed by atoms with Gasteiger partial charge in [-0.15, -0.1) is 21.5 Å². The van der Waals surface area contributed by atoms with E-state index in [4.69, 9.17) is 9.47 Å². The number of hydrogen-bond donors (Lipinski definition) is 1. The van der Waals surface area contributed by atoms with Gasteiger partial charge in [0, 0.05) is 49.8 Å². The molecule has 1 aromatic carbocycles. The molecule has 174 valence electrons. The molecular formula is C26H32N4O2S. The van der Waals surface area contributed by atoms with Crippen LogP contribution in [0.2, 0.25) is 0 Å². The Morgan fingerprint density at radius 3 is 2.67 bits per heavy atom. The normalized spacial score (nSPS) is 26.0. The van der Waals surface area contributed by atoms with Gasteiger partial charge in [-0.25, -0.2) is 0 Å². The quantitative estimate of drug-likeness (QED) is 0.559. The molecule has 33 heavy (non-hydrogen) atoms. The average Bonchev–Trinajstić information content (AvgIpc) is 3.55. The summed E-state index contributed by atoms with van der Waals surface area (Å²) in [5.74, 6) is 4.20. The number of fused-ring (bicyclic) bond motifs is 2. The number of aromatic nitrogens is 2. The maximum Gasteiger partial charge on any atom is 0.157 e. The van der Waals surface area contributed by atoms with Crippen LogP contribution in [0.25, 0.3) is 21.3 Å². The van der Waals surface area contributed by atoms with Crippen molar-refractivity contribution in [2.45, 2.75) is 31.7 Å². The van der Waals surface area contributed by atoms with E-state index in [0.29, 0.717) is 6.04 Å². The van der Waals surface area contributed by atoms with Crippen molar-refractivity contribution in [1.82, 2.24) is 15.1 Å². The van der Waals surface area contributed by atoms with Crippen molar-refractivity contribution < 1.29 is 9.47 Å². The molecule has 1 saturated carbocycles. The lowest BCUT2D eigenvalue weighted by atomic mass is 10.00. The first-order chi connectivity index (χ1) is 16.3. The van der Waals surface area contributed by atoms with Crippen LogP contribution in [0.4, 0.5) is 5.82 Å². The van der Waals surface area contributed by atoms with Crippen LogP contribution >= 0.6 is 11.3 Å².